The van der Waals surface area contributed by atoms with Gasteiger partial charge in [-0.2, -0.15) is 0 Å². The Morgan fingerprint density at radius 1 is 1.30 bits per heavy atom. The minimum Gasteiger partial charge on any atom is -0.349 e. The van der Waals surface area contributed by atoms with Gasteiger partial charge in [0.2, 0.25) is 5.95 Å². The van der Waals surface area contributed by atoms with Gasteiger partial charge in [0.25, 0.3) is 5.91 Å². The van der Waals surface area contributed by atoms with Crippen molar-refractivity contribution >= 4 is 29.1 Å². The van der Waals surface area contributed by atoms with E-state index in [1.54, 1.807) is 12.3 Å². The third kappa shape index (κ3) is 3.04. The lowest BCUT2D eigenvalue weighted by atomic mass is 10.1. The number of nitrogens with one attached hydrogen (secondary N) is 2. The molecule has 0 fully saturated rings. The molecule has 27 heavy (non-hydrogen) atoms. The molecule has 1 aliphatic heterocycles. The zero-order chi connectivity index (χ0) is 19.1. The number of halogens is 2. The van der Waals surface area contributed by atoms with E-state index >= 15 is 0 Å². The van der Waals surface area contributed by atoms with E-state index in [0.29, 0.717) is 29.6 Å². The predicted molar refractivity (Wildman–Crippen MR) is 102 cm³/mol. The number of amides is 1. The van der Waals surface area contributed by atoms with Gasteiger partial charge in [-0.05, 0) is 43.7 Å². The van der Waals surface area contributed by atoms with Crippen molar-refractivity contribution in [3.63, 3.8) is 0 Å². The highest BCUT2D eigenvalue weighted by Gasteiger charge is 2.26. The van der Waals surface area contributed by atoms with Crippen molar-refractivity contribution in [1.29, 1.82) is 0 Å². The van der Waals surface area contributed by atoms with Gasteiger partial charge in [0.15, 0.2) is 0 Å². The van der Waals surface area contributed by atoms with Crippen LogP contribution in [0.25, 0.3) is 11.3 Å². The molecule has 1 amide bonds. The van der Waals surface area contributed by atoms with Gasteiger partial charge >= 0.3 is 0 Å². The lowest BCUT2D eigenvalue weighted by Gasteiger charge is -2.17. The van der Waals surface area contributed by atoms with Gasteiger partial charge in [0, 0.05) is 36.2 Å². The Kier molecular flexibility index (Phi) is 4.31. The molecule has 0 atom stereocenters. The van der Waals surface area contributed by atoms with Crippen LogP contribution in [0.15, 0.2) is 30.5 Å². The smallest absolute Gasteiger partial charge is 0.268 e. The summed E-state index contributed by atoms with van der Waals surface area (Å²) in [6.45, 7) is 5.26. The van der Waals surface area contributed by atoms with E-state index < -0.39 is 5.82 Å². The third-order valence-corrected chi connectivity index (χ3v) is 4.98. The van der Waals surface area contributed by atoms with Crippen molar-refractivity contribution in [3.05, 3.63) is 58.3 Å². The van der Waals surface area contributed by atoms with Crippen molar-refractivity contribution in [2.45, 2.75) is 20.4 Å². The summed E-state index contributed by atoms with van der Waals surface area (Å²) in [7, 11) is 0. The molecule has 4 rings (SSSR count). The van der Waals surface area contributed by atoms with E-state index in [-0.39, 0.29) is 10.9 Å². The zero-order valence-corrected chi connectivity index (χ0v) is 15.6. The molecule has 138 valence electrons. The highest BCUT2D eigenvalue weighted by atomic mass is 35.5. The van der Waals surface area contributed by atoms with Gasteiger partial charge in [0.05, 0.1) is 10.7 Å². The van der Waals surface area contributed by atoms with E-state index in [1.807, 2.05) is 24.5 Å². The summed E-state index contributed by atoms with van der Waals surface area (Å²) in [5.74, 6) is -0.190. The Morgan fingerprint density at radius 2 is 2.11 bits per heavy atom. The molecule has 3 aromatic rings. The molecule has 0 radical (unpaired) electrons. The van der Waals surface area contributed by atoms with Gasteiger partial charge in [-0.3, -0.25) is 4.79 Å². The Labute approximate surface area is 160 Å². The minimum absolute atomic E-state index is 0.0222. The Balaban J connectivity index is 1.73. The number of nitrogens with zero attached hydrogens (tertiary/aromatic N) is 3. The molecule has 0 spiro atoms. The number of benzene rings is 1. The van der Waals surface area contributed by atoms with Crippen molar-refractivity contribution in [3.8, 4) is 11.3 Å². The molecule has 2 aromatic heterocycles. The number of carbonyl (C=O) groups excluding carboxylic acids is 1. The van der Waals surface area contributed by atoms with Crippen molar-refractivity contribution in [2.24, 2.45) is 0 Å². The average Bonchev–Trinajstić information content (AvgIpc) is 2.90. The number of aromatic nitrogens is 3. The van der Waals surface area contributed by atoms with Crippen LogP contribution in [0.4, 0.5) is 16.0 Å². The second-order valence-electron chi connectivity index (χ2n) is 6.36. The summed E-state index contributed by atoms with van der Waals surface area (Å²) in [5, 5.41) is 5.93. The molecule has 0 unspecified atom stereocenters. The molecule has 6 nitrogen and oxygen atoms in total. The van der Waals surface area contributed by atoms with Gasteiger partial charge in [0.1, 0.15) is 11.5 Å². The standard InChI is InChI=1S/C19H17ClFN5O/c1-10-16(11(2)26-8-7-22-18(27)17(10)26)15-5-6-23-19(25-15)24-12-3-4-14(21)13(20)9-12/h3-6,9H,7-8H2,1-2H3,(H,22,27)(H,23,24,25). The van der Waals surface area contributed by atoms with E-state index in [4.69, 9.17) is 11.6 Å². The molecule has 1 aromatic carbocycles. The highest BCUT2D eigenvalue weighted by Crippen LogP contribution is 2.32. The molecule has 0 bridgehead atoms. The first-order valence-electron chi connectivity index (χ1n) is 8.49. The predicted octanol–water partition coefficient (Wildman–Crippen LogP) is 3.84. The van der Waals surface area contributed by atoms with E-state index in [1.165, 1.54) is 12.1 Å². The number of anilines is 2. The van der Waals surface area contributed by atoms with Crippen LogP contribution in [0, 0.1) is 19.7 Å². The Bertz CT molecular complexity index is 1060. The van der Waals surface area contributed by atoms with Crippen LogP contribution in [0.5, 0.6) is 0 Å². The van der Waals surface area contributed by atoms with E-state index in [9.17, 15) is 9.18 Å². The summed E-state index contributed by atoms with van der Waals surface area (Å²) < 4.78 is 15.4. The van der Waals surface area contributed by atoms with Gasteiger partial charge in [-0.15, -0.1) is 0 Å². The molecule has 3 heterocycles. The number of fused-ring (bicyclic) bond motifs is 1. The number of carbonyl (C=O) groups is 1. The molecule has 0 saturated heterocycles. The first-order valence-corrected chi connectivity index (χ1v) is 8.87. The topological polar surface area (TPSA) is 71.8 Å². The number of hydrogen-bond donors (Lipinski definition) is 2. The van der Waals surface area contributed by atoms with Crippen LogP contribution in [0.3, 0.4) is 0 Å². The van der Waals surface area contributed by atoms with Crippen LogP contribution >= 0.6 is 11.6 Å². The molecule has 1 aliphatic rings. The fourth-order valence-electron chi connectivity index (χ4n) is 3.47. The average molecular weight is 386 g/mol. The summed E-state index contributed by atoms with van der Waals surface area (Å²) in [6, 6.07) is 6.13. The van der Waals surface area contributed by atoms with Gasteiger partial charge in [-0.1, -0.05) is 11.6 Å². The summed E-state index contributed by atoms with van der Waals surface area (Å²) >= 11 is 5.82. The molecular weight excluding hydrogens is 369 g/mol. The molecule has 0 aliphatic carbocycles. The monoisotopic (exact) mass is 385 g/mol. The second-order valence-corrected chi connectivity index (χ2v) is 6.77. The van der Waals surface area contributed by atoms with Crippen LogP contribution in [-0.2, 0) is 6.54 Å². The number of rotatable bonds is 3. The normalized spacial score (nSPS) is 13.3. The van der Waals surface area contributed by atoms with Crippen LogP contribution in [-0.4, -0.2) is 27.0 Å². The lowest BCUT2D eigenvalue weighted by molar-refractivity contribution is 0.0926. The van der Waals surface area contributed by atoms with E-state index in [2.05, 4.69) is 20.6 Å². The Hall–Kier alpha value is -2.93. The zero-order valence-electron chi connectivity index (χ0n) is 14.8. The maximum Gasteiger partial charge on any atom is 0.268 e. The molecule has 2 N–H and O–H groups in total. The maximum atomic E-state index is 13.3. The number of hydrogen-bond acceptors (Lipinski definition) is 4. The summed E-state index contributed by atoms with van der Waals surface area (Å²) in [5.41, 5.74) is 4.77. The lowest BCUT2D eigenvalue weighted by Crippen LogP contribution is -2.35. The third-order valence-electron chi connectivity index (χ3n) is 4.69. The summed E-state index contributed by atoms with van der Waals surface area (Å²) in [4.78, 5) is 21.1. The van der Waals surface area contributed by atoms with Crippen LogP contribution in [0.2, 0.25) is 5.02 Å². The second kappa shape index (κ2) is 6.66. The van der Waals surface area contributed by atoms with Gasteiger partial charge < -0.3 is 15.2 Å². The molecular formula is C19H17ClFN5O. The van der Waals surface area contributed by atoms with E-state index in [0.717, 1.165) is 23.4 Å². The van der Waals surface area contributed by atoms with Crippen molar-refractivity contribution in [2.75, 3.05) is 11.9 Å². The first-order chi connectivity index (χ1) is 13.0. The van der Waals surface area contributed by atoms with Crippen LogP contribution in [0.1, 0.15) is 21.7 Å². The largest absolute Gasteiger partial charge is 0.349 e. The van der Waals surface area contributed by atoms with Crippen molar-refractivity contribution in [1.82, 2.24) is 19.9 Å². The first kappa shape index (κ1) is 17.5. The molecule has 8 heteroatoms. The minimum atomic E-state index is -0.485. The Morgan fingerprint density at radius 3 is 2.85 bits per heavy atom. The fraction of sp³-hybridized carbons (Fsp3) is 0.211. The van der Waals surface area contributed by atoms with Crippen LogP contribution < -0.4 is 10.6 Å². The summed E-state index contributed by atoms with van der Waals surface area (Å²) in [6.07, 6.45) is 1.64. The maximum absolute atomic E-state index is 13.3. The van der Waals surface area contributed by atoms with Gasteiger partial charge in [-0.25, -0.2) is 14.4 Å². The quantitative estimate of drug-likeness (QED) is 0.718. The SMILES string of the molecule is Cc1c(-c2ccnc(Nc3ccc(F)c(Cl)c3)n2)c(C)n2c1C(=O)NCC2. The molecule has 0 saturated carbocycles. The highest BCUT2D eigenvalue weighted by molar-refractivity contribution is 6.31. The van der Waals surface area contributed by atoms with Crippen molar-refractivity contribution < 1.29 is 9.18 Å². The fourth-order valence-corrected chi connectivity index (χ4v) is 3.65.